The molecular weight excluding hydrogens is 491 g/mol. The molecule has 174 valence electrons. The van der Waals surface area contributed by atoms with Gasteiger partial charge in [0.05, 0.1) is 40.7 Å². The summed E-state index contributed by atoms with van der Waals surface area (Å²) in [6.45, 7) is 0.0164. The number of halogens is 1. The molecule has 1 atom stereocenters. The summed E-state index contributed by atoms with van der Waals surface area (Å²) < 4.78 is 20.7. The number of rotatable bonds is 6. The lowest BCUT2D eigenvalue weighted by atomic mass is 10.1. The summed E-state index contributed by atoms with van der Waals surface area (Å²) in [5, 5.41) is 31.9. The molecule has 2 aromatic carbocycles. The predicted molar refractivity (Wildman–Crippen MR) is 126 cm³/mol. The standard InChI is InChI=1S/C23H16ClN6O4P/c1-34-35(33,18-5-14(8-25)4-15(6-18)9-26)22-19-7-17(24)2-3-20(19)29-21(22)23(31)28-11-16-10-27-13-30(32)12-16/h2-7,10,12-13H,11H2,1H3,(H2-,28,29,31,32,33)/p+1. The van der Waals surface area contributed by atoms with Crippen molar-refractivity contribution in [1.29, 1.82) is 10.5 Å². The van der Waals surface area contributed by atoms with E-state index < -0.39 is 13.3 Å². The predicted octanol–water partition coefficient (Wildman–Crippen LogP) is 2.29. The van der Waals surface area contributed by atoms with E-state index in [0.717, 1.165) is 4.73 Å². The SMILES string of the molecule is COP(=O)(c1cc(C#N)cc(C#N)c1)c1c(C(=O)NCc2cnc[n+](O)c2)[nH]c2ccc(Cl)cc12. The largest absolute Gasteiger partial charge is 0.350 e. The zero-order valence-electron chi connectivity index (χ0n) is 18.2. The number of carbonyl (C=O) groups excluding carboxylic acids is 1. The number of carbonyl (C=O) groups is 1. The van der Waals surface area contributed by atoms with E-state index in [9.17, 15) is 25.1 Å². The molecule has 4 rings (SSSR count). The van der Waals surface area contributed by atoms with Gasteiger partial charge in [-0.2, -0.15) is 10.5 Å². The van der Waals surface area contributed by atoms with Crippen molar-refractivity contribution in [2.24, 2.45) is 0 Å². The van der Waals surface area contributed by atoms with Crippen LogP contribution in [0.1, 0.15) is 27.2 Å². The fourth-order valence-electron chi connectivity index (χ4n) is 3.65. The molecule has 3 N–H and O–H groups in total. The van der Waals surface area contributed by atoms with E-state index in [1.165, 1.54) is 44.0 Å². The Kier molecular flexibility index (Phi) is 6.54. The van der Waals surface area contributed by atoms with E-state index in [1.807, 2.05) is 12.1 Å². The van der Waals surface area contributed by atoms with Crippen molar-refractivity contribution < 1.29 is 23.8 Å². The molecule has 2 heterocycles. The minimum Gasteiger partial charge on any atom is -0.350 e. The van der Waals surface area contributed by atoms with E-state index in [4.69, 9.17) is 16.1 Å². The van der Waals surface area contributed by atoms with E-state index >= 15 is 0 Å². The second-order valence-electron chi connectivity index (χ2n) is 7.43. The zero-order valence-corrected chi connectivity index (χ0v) is 19.8. The summed E-state index contributed by atoms with van der Waals surface area (Å²) in [6.07, 6.45) is 4.02. The van der Waals surface area contributed by atoms with Gasteiger partial charge in [-0.15, -0.1) is 0 Å². The number of nitrogens with one attached hydrogen (secondary N) is 2. The van der Waals surface area contributed by atoms with Gasteiger partial charge >= 0.3 is 6.33 Å². The fourth-order valence-corrected chi connectivity index (χ4v) is 6.05. The Hall–Kier alpha value is -4.21. The first kappa shape index (κ1) is 23.9. The van der Waals surface area contributed by atoms with Crippen molar-refractivity contribution in [3.8, 4) is 12.1 Å². The molecule has 0 aliphatic heterocycles. The van der Waals surface area contributed by atoms with E-state index in [0.29, 0.717) is 21.5 Å². The summed E-state index contributed by atoms with van der Waals surface area (Å²) >= 11 is 6.21. The van der Waals surface area contributed by atoms with Crippen molar-refractivity contribution in [1.82, 2.24) is 15.3 Å². The lowest BCUT2D eigenvalue weighted by molar-refractivity contribution is -0.907. The lowest BCUT2D eigenvalue weighted by Gasteiger charge is -2.18. The number of nitriles is 2. The average Bonchev–Trinajstić information content (AvgIpc) is 3.25. The summed E-state index contributed by atoms with van der Waals surface area (Å²) in [5.74, 6) is -0.602. The van der Waals surface area contributed by atoms with Gasteiger partial charge in [0.15, 0.2) is 0 Å². The van der Waals surface area contributed by atoms with Gasteiger partial charge in [0.1, 0.15) is 18.1 Å². The van der Waals surface area contributed by atoms with Crippen LogP contribution in [0.15, 0.2) is 55.1 Å². The van der Waals surface area contributed by atoms with Gasteiger partial charge in [0, 0.05) is 28.3 Å². The van der Waals surface area contributed by atoms with Crippen LogP contribution >= 0.6 is 19.0 Å². The average molecular weight is 508 g/mol. The number of hydrogen-bond donors (Lipinski definition) is 3. The Morgan fingerprint density at radius 1 is 1.26 bits per heavy atom. The normalized spacial score (nSPS) is 12.5. The molecule has 35 heavy (non-hydrogen) atoms. The number of aromatic nitrogens is 3. The number of H-pyrrole nitrogens is 1. The highest BCUT2D eigenvalue weighted by Gasteiger charge is 2.36. The summed E-state index contributed by atoms with van der Waals surface area (Å²) in [7, 11) is -2.78. The summed E-state index contributed by atoms with van der Waals surface area (Å²) in [5.41, 5.74) is 1.20. The number of benzene rings is 2. The number of hydrogen-bond acceptors (Lipinski definition) is 7. The van der Waals surface area contributed by atoms with Crippen LogP contribution in [0.3, 0.4) is 0 Å². The molecule has 0 aliphatic rings. The first-order valence-corrected chi connectivity index (χ1v) is 12.1. The number of aromatic amines is 1. The first-order chi connectivity index (χ1) is 16.8. The molecule has 0 spiro atoms. The van der Waals surface area contributed by atoms with Crippen molar-refractivity contribution in [2.45, 2.75) is 6.54 Å². The first-order valence-electron chi connectivity index (χ1n) is 10.0. The van der Waals surface area contributed by atoms with Gasteiger partial charge in [0.2, 0.25) is 0 Å². The molecule has 0 saturated carbocycles. The molecule has 0 radical (unpaired) electrons. The van der Waals surface area contributed by atoms with Crippen molar-refractivity contribution in [3.05, 3.63) is 82.5 Å². The van der Waals surface area contributed by atoms with Crippen LogP contribution < -0.4 is 20.7 Å². The van der Waals surface area contributed by atoms with E-state index in [2.05, 4.69) is 15.3 Å². The smallest absolute Gasteiger partial charge is 0.324 e. The molecule has 0 aliphatic carbocycles. The maximum absolute atomic E-state index is 14.4. The number of fused-ring (bicyclic) bond motifs is 1. The molecule has 2 aromatic heterocycles. The molecule has 0 saturated heterocycles. The maximum Gasteiger partial charge on any atom is 0.324 e. The van der Waals surface area contributed by atoms with Crippen LogP contribution in [0.25, 0.3) is 10.9 Å². The summed E-state index contributed by atoms with van der Waals surface area (Å²) in [6, 6.07) is 12.8. The van der Waals surface area contributed by atoms with E-state index in [-0.39, 0.29) is 34.0 Å². The van der Waals surface area contributed by atoms with Crippen LogP contribution in [0.2, 0.25) is 5.02 Å². The Labute approximate surface area is 204 Å². The van der Waals surface area contributed by atoms with Gasteiger partial charge in [-0.05, 0) is 36.4 Å². The topological polar surface area (TPSA) is 156 Å². The maximum atomic E-state index is 14.4. The Morgan fingerprint density at radius 2 is 1.97 bits per heavy atom. The monoisotopic (exact) mass is 507 g/mol. The van der Waals surface area contributed by atoms with Crippen LogP contribution in [-0.2, 0) is 15.6 Å². The Morgan fingerprint density at radius 3 is 2.60 bits per heavy atom. The molecule has 4 aromatic rings. The van der Waals surface area contributed by atoms with Gasteiger partial charge in [-0.1, -0.05) is 21.3 Å². The second kappa shape index (κ2) is 9.57. The van der Waals surface area contributed by atoms with Crippen LogP contribution in [0.4, 0.5) is 0 Å². The third-order valence-corrected chi connectivity index (χ3v) is 7.94. The number of amides is 1. The van der Waals surface area contributed by atoms with Crippen molar-refractivity contribution in [3.63, 3.8) is 0 Å². The quantitative estimate of drug-likeness (QED) is 0.205. The highest BCUT2D eigenvalue weighted by Crippen LogP contribution is 2.47. The third-order valence-electron chi connectivity index (χ3n) is 5.20. The van der Waals surface area contributed by atoms with Crippen molar-refractivity contribution in [2.75, 3.05) is 7.11 Å². The van der Waals surface area contributed by atoms with E-state index in [1.54, 1.807) is 18.2 Å². The molecule has 1 unspecified atom stereocenters. The van der Waals surface area contributed by atoms with Gasteiger partial charge in [0.25, 0.3) is 13.3 Å². The molecular formula is C23H17ClN6O4P+. The molecule has 1 amide bonds. The molecule has 0 fully saturated rings. The Bertz CT molecular complexity index is 1570. The molecule has 12 heteroatoms. The van der Waals surface area contributed by atoms with Gasteiger partial charge in [-0.3, -0.25) is 9.36 Å². The van der Waals surface area contributed by atoms with Crippen LogP contribution in [0, 0.1) is 22.7 Å². The van der Waals surface area contributed by atoms with Crippen LogP contribution in [-0.4, -0.2) is 28.2 Å². The second-order valence-corrected chi connectivity index (χ2v) is 10.3. The highest BCUT2D eigenvalue weighted by molar-refractivity contribution is 7.75. The zero-order chi connectivity index (χ0) is 25.2. The minimum atomic E-state index is -4.01. The molecule has 0 bridgehead atoms. The van der Waals surface area contributed by atoms with Crippen LogP contribution in [0.5, 0.6) is 0 Å². The lowest BCUT2D eigenvalue weighted by Crippen LogP contribution is -2.33. The summed E-state index contributed by atoms with van der Waals surface area (Å²) in [4.78, 5) is 20.1. The number of nitrogens with zero attached hydrogens (tertiary/aromatic N) is 4. The van der Waals surface area contributed by atoms with Gasteiger partial charge < -0.3 is 20.0 Å². The highest BCUT2D eigenvalue weighted by atomic mass is 35.5. The Balaban J connectivity index is 1.88. The minimum absolute atomic E-state index is 0.0164. The fraction of sp³-hybridized carbons (Fsp3) is 0.0870. The van der Waals surface area contributed by atoms with Crippen molar-refractivity contribution >= 4 is 46.4 Å². The molecule has 10 nitrogen and oxygen atoms in total. The van der Waals surface area contributed by atoms with Gasteiger partial charge in [-0.25, -0.2) is 0 Å². The third kappa shape index (κ3) is 4.59.